The van der Waals surface area contributed by atoms with Crippen molar-refractivity contribution in [2.24, 2.45) is 12.5 Å². The third kappa shape index (κ3) is 2.81. The molecular weight excluding hydrogens is 288 g/mol. The SMILES string of the molecule is Cc1nn(C)c(C)c1C(=O)N1CCC2(CCNC2)CC1.Cl. The van der Waals surface area contributed by atoms with Gasteiger partial charge in [0.15, 0.2) is 0 Å². The fraction of sp³-hybridized carbons (Fsp3) is 0.733. The number of hydrogen-bond acceptors (Lipinski definition) is 3. The molecule has 0 aliphatic carbocycles. The number of carbonyl (C=O) groups is 1. The van der Waals surface area contributed by atoms with Gasteiger partial charge in [-0.15, -0.1) is 12.4 Å². The van der Waals surface area contributed by atoms with E-state index in [9.17, 15) is 4.79 Å². The van der Waals surface area contributed by atoms with Gasteiger partial charge in [-0.2, -0.15) is 5.10 Å². The lowest BCUT2D eigenvalue weighted by Gasteiger charge is -2.38. The summed E-state index contributed by atoms with van der Waals surface area (Å²) in [7, 11) is 1.90. The summed E-state index contributed by atoms with van der Waals surface area (Å²) >= 11 is 0. The van der Waals surface area contributed by atoms with Gasteiger partial charge in [-0.1, -0.05) is 0 Å². The molecule has 0 radical (unpaired) electrons. The second-order valence-corrected chi connectivity index (χ2v) is 6.39. The number of halogens is 1. The van der Waals surface area contributed by atoms with Crippen molar-refractivity contribution in [1.29, 1.82) is 0 Å². The number of aromatic nitrogens is 2. The quantitative estimate of drug-likeness (QED) is 0.858. The highest BCUT2D eigenvalue weighted by Gasteiger charge is 2.38. The molecule has 0 saturated carbocycles. The second-order valence-electron chi connectivity index (χ2n) is 6.39. The molecule has 2 saturated heterocycles. The van der Waals surface area contributed by atoms with Crippen LogP contribution in [0.2, 0.25) is 0 Å². The van der Waals surface area contributed by atoms with E-state index in [1.807, 2.05) is 25.8 Å². The van der Waals surface area contributed by atoms with E-state index >= 15 is 0 Å². The van der Waals surface area contributed by atoms with Gasteiger partial charge in [0.05, 0.1) is 11.3 Å². The molecule has 0 atom stereocenters. The Kier molecular flexibility index (Phi) is 4.63. The van der Waals surface area contributed by atoms with Crippen molar-refractivity contribution >= 4 is 18.3 Å². The summed E-state index contributed by atoms with van der Waals surface area (Å²) in [4.78, 5) is 14.7. The number of nitrogens with one attached hydrogen (secondary N) is 1. The third-order valence-corrected chi connectivity index (χ3v) is 5.17. The van der Waals surface area contributed by atoms with Crippen molar-refractivity contribution in [2.75, 3.05) is 26.2 Å². The molecule has 0 bridgehead atoms. The summed E-state index contributed by atoms with van der Waals surface area (Å²) in [6.07, 6.45) is 3.52. The molecule has 0 aromatic carbocycles. The number of amides is 1. The maximum atomic E-state index is 12.7. The molecule has 2 aliphatic heterocycles. The van der Waals surface area contributed by atoms with Gasteiger partial charge < -0.3 is 10.2 Å². The number of piperidine rings is 1. The van der Waals surface area contributed by atoms with Crippen LogP contribution in [0.15, 0.2) is 0 Å². The van der Waals surface area contributed by atoms with Crippen LogP contribution in [0.3, 0.4) is 0 Å². The second kappa shape index (κ2) is 5.97. The molecule has 21 heavy (non-hydrogen) atoms. The largest absolute Gasteiger partial charge is 0.338 e. The van der Waals surface area contributed by atoms with E-state index in [0.717, 1.165) is 56.0 Å². The minimum absolute atomic E-state index is 0. The molecule has 6 heteroatoms. The first kappa shape index (κ1) is 16.3. The van der Waals surface area contributed by atoms with Gasteiger partial charge in [0.1, 0.15) is 0 Å². The van der Waals surface area contributed by atoms with Crippen molar-refractivity contribution in [3.8, 4) is 0 Å². The zero-order valence-electron chi connectivity index (χ0n) is 13.1. The fourth-order valence-electron chi connectivity index (χ4n) is 3.65. The lowest BCUT2D eigenvalue weighted by molar-refractivity contribution is 0.0606. The molecule has 2 aliphatic rings. The molecule has 2 fully saturated rings. The van der Waals surface area contributed by atoms with Crippen LogP contribution in [0.25, 0.3) is 0 Å². The van der Waals surface area contributed by atoms with E-state index in [1.165, 1.54) is 6.42 Å². The lowest BCUT2D eigenvalue weighted by Crippen LogP contribution is -2.44. The Labute approximate surface area is 132 Å². The Balaban J connectivity index is 0.00000161. The van der Waals surface area contributed by atoms with Crippen LogP contribution in [0, 0.1) is 19.3 Å². The summed E-state index contributed by atoms with van der Waals surface area (Å²) in [5, 5.41) is 7.82. The van der Waals surface area contributed by atoms with Gasteiger partial charge in [-0.05, 0) is 45.1 Å². The highest BCUT2D eigenvalue weighted by Crippen LogP contribution is 2.37. The average molecular weight is 313 g/mol. The number of likely N-dealkylation sites (tertiary alicyclic amines) is 1. The minimum Gasteiger partial charge on any atom is -0.338 e. The summed E-state index contributed by atoms with van der Waals surface area (Å²) in [6.45, 7) is 7.92. The van der Waals surface area contributed by atoms with E-state index in [1.54, 1.807) is 4.68 Å². The Morgan fingerprint density at radius 1 is 1.24 bits per heavy atom. The van der Waals surface area contributed by atoms with Gasteiger partial charge in [0.25, 0.3) is 5.91 Å². The summed E-state index contributed by atoms with van der Waals surface area (Å²) in [5.74, 6) is 0.161. The monoisotopic (exact) mass is 312 g/mol. The number of aryl methyl sites for hydroxylation is 2. The maximum Gasteiger partial charge on any atom is 0.257 e. The molecule has 1 spiro atoms. The maximum absolute atomic E-state index is 12.7. The van der Waals surface area contributed by atoms with Crippen molar-refractivity contribution in [2.45, 2.75) is 33.1 Å². The van der Waals surface area contributed by atoms with Crippen molar-refractivity contribution < 1.29 is 4.79 Å². The number of hydrogen-bond donors (Lipinski definition) is 1. The molecule has 1 aromatic heterocycles. The van der Waals surface area contributed by atoms with Gasteiger partial charge >= 0.3 is 0 Å². The molecule has 1 aromatic rings. The standard InChI is InChI=1S/C15H24N4O.ClH/c1-11-13(12(2)18(3)17-11)14(20)19-8-5-15(6-9-19)4-7-16-10-15;/h16H,4-10H2,1-3H3;1H. The Morgan fingerprint density at radius 3 is 2.38 bits per heavy atom. The Bertz CT molecular complexity index is 524. The van der Waals surface area contributed by atoms with Crippen LogP contribution < -0.4 is 5.32 Å². The van der Waals surface area contributed by atoms with Crippen LogP contribution >= 0.6 is 12.4 Å². The van der Waals surface area contributed by atoms with Crippen molar-refractivity contribution in [3.63, 3.8) is 0 Å². The van der Waals surface area contributed by atoms with Crippen LogP contribution in [-0.2, 0) is 7.05 Å². The number of carbonyl (C=O) groups excluding carboxylic acids is 1. The Morgan fingerprint density at radius 2 is 1.90 bits per heavy atom. The molecular formula is C15H25ClN4O. The van der Waals surface area contributed by atoms with Gasteiger partial charge in [-0.3, -0.25) is 9.48 Å². The smallest absolute Gasteiger partial charge is 0.257 e. The lowest BCUT2D eigenvalue weighted by atomic mass is 9.78. The predicted octanol–water partition coefficient (Wildman–Crippen LogP) is 1.67. The number of rotatable bonds is 1. The molecule has 1 amide bonds. The zero-order valence-corrected chi connectivity index (χ0v) is 13.9. The highest BCUT2D eigenvalue weighted by atomic mass is 35.5. The normalized spacial score (nSPS) is 20.6. The van der Waals surface area contributed by atoms with Crippen LogP contribution in [-0.4, -0.2) is 46.8 Å². The predicted molar refractivity (Wildman–Crippen MR) is 85.0 cm³/mol. The molecule has 3 heterocycles. The third-order valence-electron chi connectivity index (χ3n) is 5.17. The summed E-state index contributed by atoms with van der Waals surface area (Å²) in [5.41, 5.74) is 3.07. The van der Waals surface area contributed by atoms with Gasteiger partial charge in [-0.25, -0.2) is 0 Å². The van der Waals surface area contributed by atoms with E-state index in [4.69, 9.17) is 0 Å². The average Bonchev–Trinajstić information content (AvgIpc) is 2.97. The molecule has 118 valence electrons. The first-order chi connectivity index (χ1) is 9.52. The molecule has 0 unspecified atom stereocenters. The van der Waals surface area contributed by atoms with E-state index < -0.39 is 0 Å². The van der Waals surface area contributed by atoms with Crippen LogP contribution in [0.1, 0.15) is 41.0 Å². The fourth-order valence-corrected chi connectivity index (χ4v) is 3.65. The van der Waals surface area contributed by atoms with Crippen LogP contribution in [0.5, 0.6) is 0 Å². The minimum atomic E-state index is 0. The van der Waals surface area contributed by atoms with Crippen molar-refractivity contribution in [1.82, 2.24) is 20.0 Å². The first-order valence-corrected chi connectivity index (χ1v) is 7.53. The Hall–Kier alpha value is -1.07. The number of nitrogens with zero attached hydrogens (tertiary/aromatic N) is 3. The highest BCUT2D eigenvalue weighted by molar-refractivity contribution is 5.96. The first-order valence-electron chi connectivity index (χ1n) is 7.53. The van der Waals surface area contributed by atoms with E-state index in [2.05, 4.69) is 10.4 Å². The van der Waals surface area contributed by atoms with Crippen LogP contribution in [0.4, 0.5) is 0 Å². The van der Waals surface area contributed by atoms with E-state index in [-0.39, 0.29) is 18.3 Å². The van der Waals surface area contributed by atoms with Crippen molar-refractivity contribution in [3.05, 3.63) is 17.0 Å². The summed E-state index contributed by atoms with van der Waals surface area (Å²) < 4.78 is 1.80. The van der Waals surface area contributed by atoms with Gasteiger partial charge in [0.2, 0.25) is 0 Å². The van der Waals surface area contributed by atoms with E-state index in [0.29, 0.717) is 5.41 Å². The zero-order chi connectivity index (χ0) is 14.3. The topological polar surface area (TPSA) is 50.2 Å². The molecule has 3 rings (SSSR count). The molecule has 5 nitrogen and oxygen atoms in total. The molecule has 1 N–H and O–H groups in total. The van der Waals surface area contributed by atoms with Gasteiger partial charge in [0, 0.05) is 32.4 Å². The summed E-state index contributed by atoms with van der Waals surface area (Å²) in [6, 6.07) is 0.